The lowest BCUT2D eigenvalue weighted by Crippen LogP contribution is -2.55. The summed E-state index contributed by atoms with van der Waals surface area (Å²) in [7, 11) is 0. The van der Waals surface area contributed by atoms with Crippen LogP contribution in [0.1, 0.15) is 37.7 Å². The van der Waals surface area contributed by atoms with Crippen molar-refractivity contribution in [1.82, 2.24) is 26.6 Å². The quantitative estimate of drug-likeness (QED) is 0.0394. The van der Waals surface area contributed by atoms with Gasteiger partial charge in [-0.1, -0.05) is 12.1 Å². The molecule has 21 heteroatoms. The average Bonchev–Trinajstić information content (AvgIpc) is 3.42. The number of aliphatic carboxylic acids is 2. The van der Waals surface area contributed by atoms with Crippen LogP contribution < -0.4 is 38.1 Å². The molecule has 11 N–H and O–H groups in total. The van der Waals surface area contributed by atoms with Gasteiger partial charge in [-0.05, 0) is 31.2 Å². The second kappa shape index (κ2) is 17.2. The van der Waals surface area contributed by atoms with Crippen LogP contribution in [-0.2, 0) is 39.9 Å². The zero-order valence-electron chi connectivity index (χ0n) is 26.0. The van der Waals surface area contributed by atoms with Crippen LogP contribution in [0.15, 0.2) is 29.3 Å². The van der Waals surface area contributed by atoms with Gasteiger partial charge < -0.3 is 53.0 Å². The molecule has 0 bridgehead atoms. The maximum atomic E-state index is 13.6. The number of aliphatic imine (C=N–C) groups is 1. The Morgan fingerprint density at radius 3 is 2.20 bits per heavy atom. The first-order valence-corrected chi connectivity index (χ1v) is 15.0. The Morgan fingerprint density at radius 2 is 1.59 bits per heavy atom. The Kier molecular flexibility index (Phi) is 13.2. The molecule has 1 saturated heterocycles. The standard InChI is InChI=1S/C28H37N9O12/c29-27(30)31-7-1-2-16-23(41)32-12-21(38)33-19(11-22(39)40)25(43)35-17-9-14(26(44)45)10-20(17)49-28(46)36-18(24(42)34-16)8-13-3-5-15(6-4-13)37(47)48/h3-6,14,16-20H,1-2,7-12H2,(H,32,41)(H,33,38)(H,34,42)(H,35,43)(H,36,46)(H,39,40)(H,44,45)(H4,29,30,31)/t14-,16+,17+,18+,19+,20-/m1/s1. The predicted octanol–water partition coefficient (Wildman–Crippen LogP) is -2.79. The molecule has 2 aliphatic rings. The largest absolute Gasteiger partial charge is 0.481 e. The monoisotopic (exact) mass is 691 g/mol. The number of nitrogens with two attached hydrogens (primary N) is 2. The van der Waals surface area contributed by atoms with E-state index in [4.69, 9.17) is 16.2 Å². The molecular weight excluding hydrogens is 654 g/mol. The average molecular weight is 692 g/mol. The van der Waals surface area contributed by atoms with Crippen molar-refractivity contribution >= 4 is 53.3 Å². The fourth-order valence-corrected chi connectivity index (χ4v) is 5.24. The summed E-state index contributed by atoms with van der Waals surface area (Å²) in [6.45, 7) is -0.674. The van der Waals surface area contributed by atoms with Gasteiger partial charge in [0.2, 0.25) is 23.6 Å². The van der Waals surface area contributed by atoms with E-state index >= 15 is 0 Å². The molecule has 1 aromatic rings. The molecule has 1 saturated carbocycles. The van der Waals surface area contributed by atoms with Crippen molar-refractivity contribution in [2.75, 3.05) is 13.1 Å². The first kappa shape index (κ1) is 37.4. The highest BCUT2D eigenvalue weighted by atomic mass is 16.6. The number of nitrogens with zero attached hydrogens (tertiary/aromatic N) is 2. The number of non-ortho nitro benzene ring substituents is 1. The molecule has 0 spiro atoms. The highest BCUT2D eigenvalue weighted by molar-refractivity contribution is 5.95. The first-order chi connectivity index (χ1) is 23.1. The van der Waals surface area contributed by atoms with E-state index in [0.29, 0.717) is 5.56 Å². The Bertz CT molecular complexity index is 1480. The number of carboxylic acid groups (broad SMARTS) is 2. The second-order valence-corrected chi connectivity index (χ2v) is 11.3. The summed E-state index contributed by atoms with van der Waals surface area (Å²) in [6.07, 6.45) is -3.93. The highest BCUT2D eigenvalue weighted by Crippen LogP contribution is 2.29. The molecule has 5 amide bonds. The Morgan fingerprint density at radius 1 is 0.918 bits per heavy atom. The van der Waals surface area contributed by atoms with E-state index in [-0.39, 0.29) is 50.3 Å². The zero-order chi connectivity index (χ0) is 36.2. The summed E-state index contributed by atoms with van der Waals surface area (Å²) in [5, 5.41) is 41.9. The lowest BCUT2D eigenvalue weighted by Gasteiger charge is -2.25. The summed E-state index contributed by atoms with van der Waals surface area (Å²) in [5.41, 5.74) is 10.8. The minimum absolute atomic E-state index is 0.0605. The maximum Gasteiger partial charge on any atom is 0.408 e. The number of hydrogen-bond acceptors (Lipinski definition) is 11. The third-order valence-electron chi connectivity index (χ3n) is 7.67. The summed E-state index contributed by atoms with van der Waals surface area (Å²) in [5.74, 6) is -7.73. The molecule has 0 aromatic heterocycles. The van der Waals surface area contributed by atoms with Gasteiger partial charge >= 0.3 is 18.0 Å². The third kappa shape index (κ3) is 11.6. The van der Waals surface area contributed by atoms with E-state index < -0.39 is 95.7 Å². The highest BCUT2D eigenvalue weighted by Gasteiger charge is 2.42. The van der Waals surface area contributed by atoms with Crippen LogP contribution in [0.4, 0.5) is 10.5 Å². The molecule has 6 atom stereocenters. The minimum atomic E-state index is -1.66. The number of carbonyl (C=O) groups is 7. The number of rotatable bonds is 10. The molecule has 0 radical (unpaired) electrons. The van der Waals surface area contributed by atoms with Gasteiger partial charge in [-0.15, -0.1) is 0 Å². The van der Waals surface area contributed by atoms with Crippen molar-refractivity contribution in [3.8, 4) is 0 Å². The second-order valence-electron chi connectivity index (χ2n) is 11.3. The van der Waals surface area contributed by atoms with Crippen LogP contribution in [0.5, 0.6) is 0 Å². The minimum Gasteiger partial charge on any atom is -0.481 e. The first-order valence-electron chi connectivity index (χ1n) is 15.0. The number of amides is 5. The normalized spacial score (nSPS) is 25.1. The molecule has 1 aliphatic carbocycles. The molecule has 1 aromatic carbocycles. The molecule has 1 aliphatic heterocycles. The van der Waals surface area contributed by atoms with Crippen molar-refractivity contribution in [2.45, 2.75) is 68.8 Å². The van der Waals surface area contributed by atoms with Crippen LogP contribution in [0.25, 0.3) is 0 Å². The molecule has 49 heavy (non-hydrogen) atoms. The van der Waals surface area contributed by atoms with Gasteiger partial charge in [0.25, 0.3) is 5.69 Å². The Labute approximate surface area is 277 Å². The number of carbonyl (C=O) groups excluding carboxylic acids is 5. The molecule has 2 fully saturated rings. The van der Waals surface area contributed by atoms with Gasteiger partial charge in [0.1, 0.15) is 24.2 Å². The number of ether oxygens (including phenoxy) is 1. The topological polar surface area (TPSA) is 337 Å². The summed E-state index contributed by atoms with van der Waals surface area (Å²) in [4.78, 5) is 103. The summed E-state index contributed by atoms with van der Waals surface area (Å²) < 4.78 is 5.46. The predicted molar refractivity (Wildman–Crippen MR) is 165 cm³/mol. The fraction of sp³-hybridized carbons (Fsp3) is 0.500. The molecule has 3 rings (SSSR count). The van der Waals surface area contributed by atoms with E-state index in [9.17, 15) is 53.9 Å². The van der Waals surface area contributed by atoms with Crippen molar-refractivity contribution in [3.63, 3.8) is 0 Å². The maximum absolute atomic E-state index is 13.6. The SMILES string of the molecule is NC(N)=NCCC[C@@H]1NC(=O)[C@H](Cc2ccc([N+](=O)[O-])cc2)NC(=O)O[C@@H]2C[C@H](C(=O)O)C[C@@H]2NC(=O)[C@H](CC(=O)O)NC(=O)CNC1=O. The van der Waals surface area contributed by atoms with Crippen molar-refractivity contribution in [1.29, 1.82) is 0 Å². The summed E-state index contributed by atoms with van der Waals surface area (Å²) >= 11 is 0. The number of guanidine groups is 1. The summed E-state index contributed by atoms with van der Waals surface area (Å²) in [6, 6.07) is -0.480. The van der Waals surface area contributed by atoms with Gasteiger partial charge in [0.15, 0.2) is 5.96 Å². The zero-order valence-corrected chi connectivity index (χ0v) is 26.0. The molecule has 21 nitrogen and oxygen atoms in total. The van der Waals surface area contributed by atoms with E-state index in [2.05, 4.69) is 31.6 Å². The van der Waals surface area contributed by atoms with Crippen molar-refractivity contribution in [2.24, 2.45) is 22.4 Å². The number of benzene rings is 1. The number of hydrogen-bond donors (Lipinski definition) is 9. The molecule has 0 unspecified atom stereocenters. The van der Waals surface area contributed by atoms with E-state index in [0.717, 1.165) is 0 Å². The van der Waals surface area contributed by atoms with Gasteiger partial charge in [0.05, 0.1) is 29.8 Å². The smallest absolute Gasteiger partial charge is 0.408 e. The Balaban J connectivity index is 1.97. The number of fused-ring (bicyclic) bond motifs is 1. The molecular formula is C28H37N9O12. The van der Waals surface area contributed by atoms with Crippen LogP contribution in [0.2, 0.25) is 0 Å². The van der Waals surface area contributed by atoms with Crippen LogP contribution in [0, 0.1) is 16.0 Å². The third-order valence-corrected chi connectivity index (χ3v) is 7.67. The lowest BCUT2D eigenvalue weighted by molar-refractivity contribution is -0.384. The van der Waals surface area contributed by atoms with Crippen LogP contribution in [0.3, 0.4) is 0 Å². The Hall–Kier alpha value is -6.02. The molecule has 266 valence electrons. The fourth-order valence-electron chi connectivity index (χ4n) is 5.24. The van der Waals surface area contributed by atoms with E-state index in [1.807, 2.05) is 0 Å². The number of nitro benzene ring substituents is 1. The molecule has 1 heterocycles. The lowest BCUT2D eigenvalue weighted by atomic mass is 10.0. The number of nitrogens with one attached hydrogen (secondary N) is 5. The van der Waals surface area contributed by atoms with Crippen LogP contribution in [-0.4, -0.2) is 106 Å². The van der Waals surface area contributed by atoms with E-state index in [1.54, 1.807) is 0 Å². The van der Waals surface area contributed by atoms with Crippen LogP contribution >= 0.6 is 0 Å². The van der Waals surface area contributed by atoms with Crippen molar-refractivity contribution in [3.05, 3.63) is 39.9 Å². The van der Waals surface area contributed by atoms with Crippen molar-refractivity contribution < 1.29 is 53.4 Å². The number of alkyl carbamates (subject to hydrolysis) is 1. The van der Waals surface area contributed by atoms with E-state index in [1.165, 1.54) is 24.3 Å². The van der Waals surface area contributed by atoms with Gasteiger partial charge in [-0.25, -0.2) is 4.79 Å². The van der Waals surface area contributed by atoms with Gasteiger partial charge in [-0.2, -0.15) is 0 Å². The number of carboxylic acids is 2. The van der Waals surface area contributed by atoms with Gasteiger partial charge in [0, 0.05) is 25.1 Å². The number of nitro groups is 1. The van der Waals surface area contributed by atoms with Gasteiger partial charge in [-0.3, -0.25) is 43.9 Å².